The Balaban J connectivity index is 2.81. The molecule has 1 rings (SSSR count). The van der Waals surface area contributed by atoms with Gasteiger partial charge in [0.25, 0.3) is 0 Å². The van der Waals surface area contributed by atoms with E-state index in [1.54, 1.807) is 20.1 Å². The number of aliphatic carboxylic acids is 1. The van der Waals surface area contributed by atoms with Gasteiger partial charge in [-0.15, -0.1) is 0 Å². The molecule has 0 aliphatic heterocycles. The lowest BCUT2D eigenvalue weighted by Gasteiger charge is -2.19. The van der Waals surface area contributed by atoms with Gasteiger partial charge in [0, 0.05) is 16.7 Å². The van der Waals surface area contributed by atoms with E-state index in [9.17, 15) is 9.90 Å². The molecule has 0 spiro atoms. The number of rotatable bonds is 12. The lowest BCUT2D eigenvalue weighted by atomic mass is 9.99. The van der Waals surface area contributed by atoms with Gasteiger partial charge in [-0.1, -0.05) is 29.4 Å². The van der Waals surface area contributed by atoms with Crippen LogP contribution in [0.2, 0.25) is 0 Å². The zero-order valence-electron chi connectivity index (χ0n) is 19.8. The van der Waals surface area contributed by atoms with Crippen LogP contribution < -0.4 is 14.2 Å². The van der Waals surface area contributed by atoms with Gasteiger partial charge in [0.05, 0.1) is 21.3 Å². The Morgan fingerprint density at radius 2 is 1.35 bits per heavy atom. The van der Waals surface area contributed by atoms with Gasteiger partial charge in [-0.25, -0.2) is 4.79 Å². The van der Waals surface area contributed by atoms with Gasteiger partial charge in [-0.3, -0.25) is 0 Å². The van der Waals surface area contributed by atoms with E-state index in [4.69, 9.17) is 19.3 Å². The molecule has 0 amide bonds. The van der Waals surface area contributed by atoms with E-state index in [0.29, 0.717) is 29.1 Å². The molecule has 0 heterocycles. The standard InChI is InChI=1S/C25H36O6/c1-16(12-9-13-18(3)25(27)28)10-8-11-17(2)14-15-20-19(4)21(26)23(30-6)24(31-7)22(20)29-5/h10,13-14,26H,8-9,11-12,15H2,1-7H3,(H,27,28). The second-order valence-corrected chi connectivity index (χ2v) is 7.63. The number of benzene rings is 1. The van der Waals surface area contributed by atoms with Gasteiger partial charge in [0.15, 0.2) is 11.5 Å². The van der Waals surface area contributed by atoms with Crippen molar-refractivity contribution in [3.8, 4) is 23.0 Å². The molecule has 2 N–H and O–H groups in total. The third-order valence-corrected chi connectivity index (χ3v) is 5.33. The van der Waals surface area contributed by atoms with Crippen LogP contribution in [0.3, 0.4) is 0 Å². The maximum absolute atomic E-state index is 10.8. The highest BCUT2D eigenvalue weighted by molar-refractivity contribution is 5.85. The minimum atomic E-state index is -0.864. The molecule has 0 fully saturated rings. The molecular weight excluding hydrogens is 396 g/mol. The smallest absolute Gasteiger partial charge is 0.330 e. The van der Waals surface area contributed by atoms with E-state index in [1.807, 2.05) is 6.92 Å². The molecule has 31 heavy (non-hydrogen) atoms. The number of ether oxygens (including phenoxy) is 3. The summed E-state index contributed by atoms with van der Waals surface area (Å²) in [6.07, 6.45) is 10.1. The molecule has 0 aliphatic rings. The number of hydrogen-bond acceptors (Lipinski definition) is 5. The summed E-state index contributed by atoms with van der Waals surface area (Å²) >= 11 is 0. The summed E-state index contributed by atoms with van der Waals surface area (Å²) in [4.78, 5) is 10.8. The molecule has 0 atom stereocenters. The summed E-state index contributed by atoms with van der Waals surface area (Å²) in [6, 6.07) is 0. The van der Waals surface area contributed by atoms with Gasteiger partial charge in [-0.05, 0) is 59.8 Å². The fraction of sp³-hybridized carbons (Fsp3) is 0.480. The fourth-order valence-electron chi connectivity index (χ4n) is 3.30. The molecule has 0 aliphatic carbocycles. The van der Waals surface area contributed by atoms with Crippen molar-refractivity contribution in [2.45, 2.75) is 59.8 Å². The van der Waals surface area contributed by atoms with Gasteiger partial charge in [0.1, 0.15) is 0 Å². The van der Waals surface area contributed by atoms with Gasteiger partial charge in [0.2, 0.25) is 11.5 Å². The van der Waals surface area contributed by atoms with E-state index < -0.39 is 5.97 Å². The minimum absolute atomic E-state index is 0.0620. The molecule has 172 valence electrons. The van der Waals surface area contributed by atoms with Crippen LogP contribution in [0.4, 0.5) is 0 Å². The third-order valence-electron chi connectivity index (χ3n) is 5.33. The number of aromatic hydroxyl groups is 1. The Bertz CT molecular complexity index is 861. The monoisotopic (exact) mass is 432 g/mol. The number of hydrogen-bond donors (Lipinski definition) is 2. The van der Waals surface area contributed by atoms with Crippen LogP contribution in [-0.2, 0) is 11.2 Å². The summed E-state index contributed by atoms with van der Waals surface area (Å²) in [5.74, 6) is 0.429. The molecule has 0 saturated heterocycles. The lowest BCUT2D eigenvalue weighted by molar-refractivity contribution is -0.132. The second-order valence-electron chi connectivity index (χ2n) is 7.63. The Morgan fingerprint density at radius 1 is 0.839 bits per heavy atom. The van der Waals surface area contributed by atoms with Crippen molar-refractivity contribution in [3.63, 3.8) is 0 Å². The van der Waals surface area contributed by atoms with Gasteiger partial charge < -0.3 is 24.4 Å². The predicted molar refractivity (Wildman–Crippen MR) is 124 cm³/mol. The Hall–Kier alpha value is -2.89. The molecule has 1 aromatic rings. The second kappa shape index (κ2) is 12.7. The molecule has 6 heteroatoms. The van der Waals surface area contributed by atoms with Crippen molar-refractivity contribution < 1.29 is 29.2 Å². The van der Waals surface area contributed by atoms with Crippen molar-refractivity contribution in [3.05, 3.63) is 46.1 Å². The SMILES string of the molecule is COc1c(O)c(C)c(CC=C(C)CCC=C(C)CCC=C(C)C(=O)O)c(OC)c1OC. The summed E-state index contributed by atoms with van der Waals surface area (Å²) in [7, 11) is 4.58. The zero-order valence-corrected chi connectivity index (χ0v) is 19.8. The van der Waals surface area contributed by atoms with Crippen LogP contribution in [0.15, 0.2) is 34.9 Å². The molecule has 0 bridgehead atoms. The van der Waals surface area contributed by atoms with Crippen molar-refractivity contribution in [1.29, 1.82) is 0 Å². The average molecular weight is 433 g/mol. The molecule has 6 nitrogen and oxygen atoms in total. The highest BCUT2D eigenvalue weighted by Gasteiger charge is 2.23. The van der Waals surface area contributed by atoms with Crippen LogP contribution in [0.5, 0.6) is 23.0 Å². The van der Waals surface area contributed by atoms with Gasteiger partial charge >= 0.3 is 5.97 Å². The molecule has 0 unspecified atom stereocenters. The van der Waals surface area contributed by atoms with Crippen LogP contribution in [0.1, 0.15) is 57.6 Å². The van der Waals surface area contributed by atoms with E-state index >= 15 is 0 Å². The topological polar surface area (TPSA) is 85.2 Å². The summed E-state index contributed by atoms with van der Waals surface area (Å²) in [6.45, 7) is 7.61. The molecule has 0 aromatic heterocycles. The van der Waals surface area contributed by atoms with Crippen molar-refractivity contribution in [1.82, 2.24) is 0 Å². The first-order valence-electron chi connectivity index (χ1n) is 10.4. The van der Waals surface area contributed by atoms with Crippen LogP contribution in [0.25, 0.3) is 0 Å². The minimum Gasteiger partial charge on any atom is -0.504 e. The van der Waals surface area contributed by atoms with Crippen LogP contribution in [-0.4, -0.2) is 37.5 Å². The Kier molecular flexibility index (Phi) is 10.7. The number of phenols is 1. The van der Waals surface area contributed by atoms with Crippen molar-refractivity contribution in [2.24, 2.45) is 0 Å². The quantitative estimate of drug-likeness (QED) is 0.323. The number of methoxy groups -OCH3 is 3. The number of allylic oxidation sites excluding steroid dienone is 5. The Morgan fingerprint density at radius 3 is 1.87 bits per heavy atom. The number of phenolic OH excluding ortho intramolecular Hbond substituents is 1. The van der Waals surface area contributed by atoms with E-state index in [1.165, 1.54) is 25.4 Å². The number of carboxylic acid groups (broad SMARTS) is 1. The maximum atomic E-state index is 10.8. The first-order valence-corrected chi connectivity index (χ1v) is 10.4. The van der Waals surface area contributed by atoms with Crippen molar-refractivity contribution in [2.75, 3.05) is 21.3 Å². The lowest BCUT2D eigenvalue weighted by Crippen LogP contribution is -2.02. The van der Waals surface area contributed by atoms with Crippen LogP contribution in [0, 0.1) is 6.92 Å². The van der Waals surface area contributed by atoms with E-state index in [2.05, 4.69) is 26.0 Å². The first kappa shape index (κ1) is 26.1. The van der Waals surface area contributed by atoms with E-state index in [0.717, 1.165) is 31.2 Å². The summed E-state index contributed by atoms with van der Waals surface area (Å²) < 4.78 is 16.3. The van der Waals surface area contributed by atoms with E-state index in [-0.39, 0.29) is 11.5 Å². The zero-order chi connectivity index (χ0) is 23.6. The summed E-state index contributed by atoms with van der Waals surface area (Å²) in [5.41, 5.74) is 4.45. The largest absolute Gasteiger partial charge is 0.504 e. The molecular formula is C25H36O6. The fourth-order valence-corrected chi connectivity index (χ4v) is 3.30. The highest BCUT2D eigenvalue weighted by Crippen LogP contribution is 2.49. The molecule has 0 radical (unpaired) electrons. The molecule has 0 saturated carbocycles. The third kappa shape index (κ3) is 7.39. The summed E-state index contributed by atoms with van der Waals surface area (Å²) in [5, 5.41) is 19.4. The number of carboxylic acids is 1. The highest BCUT2D eigenvalue weighted by atomic mass is 16.5. The predicted octanol–water partition coefficient (Wildman–Crippen LogP) is 5.75. The Labute approximate surface area is 185 Å². The van der Waals surface area contributed by atoms with Crippen molar-refractivity contribution >= 4 is 5.97 Å². The van der Waals surface area contributed by atoms with Gasteiger partial charge in [-0.2, -0.15) is 0 Å². The maximum Gasteiger partial charge on any atom is 0.330 e. The number of carbonyl (C=O) groups is 1. The molecule has 1 aromatic carbocycles. The average Bonchev–Trinajstić information content (AvgIpc) is 2.73. The normalized spacial score (nSPS) is 12.7. The first-order chi connectivity index (χ1) is 14.7. The van der Waals surface area contributed by atoms with Crippen LogP contribution >= 0.6 is 0 Å².